The molecule has 0 spiro atoms. The number of pyridine rings is 2. The van der Waals surface area contributed by atoms with Crippen LogP contribution in [-0.2, 0) is 35.2 Å². The van der Waals surface area contributed by atoms with Crippen molar-refractivity contribution in [1.82, 2.24) is 103 Å². The van der Waals surface area contributed by atoms with Gasteiger partial charge in [0.1, 0.15) is 37.5 Å². The molecular weight excluding hydrogens is 907 g/mol. The molecule has 0 fully saturated rings. The van der Waals surface area contributed by atoms with Gasteiger partial charge in [0, 0.05) is 146 Å². The molecule has 0 aliphatic heterocycles. The van der Waals surface area contributed by atoms with E-state index in [1.54, 1.807) is 120 Å². The van der Waals surface area contributed by atoms with Crippen molar-refractivity contribution < 1.29 is 0 Å². The van der Waals surface area contributed by atoms with Crippen LogP contribution in [0.1, 0.15) is 34.0 Å². The van der Waals surface area contributed by atoms with Gasteiger partial charge < -0.3 is 13.7 Å². The van der Waals surface area contributed by atoms with Gasteiger partial charge in [-0.1, -0.05) is 12.1 Å². The van der Waals surface area contributed by atoms with Crippen LogP contribution < -0.4 is 0 Å². The summed E-state index contributed by atoms with van der Waals surface area (Å²) in [5.74, 6) is 0.822. The highest BCUT2D eigenvalue weighted by Crippen LogP contribution is 1.89. The van der Waals surface area contributed by atoms with Crippen molar-refractivity contribution in [3.63, 3.8) is 0 Å². The molecule has 11 aromatic heterocycles. The Balaban J connectivity index is 0.000000396. The van der Waals surface area contributed by atoms with E-state index in [-0.39, 0.29) is 0 Å². The number of hydrogen-bond donors (Lipinski definition) is 0. The van der Waals surface area contributed by atoms with Crippen LogP contribution in [0.5, 0.6) is 0 Å². The first-order chi connectivity index (χ1) is 34.8. The van der Waals surface area contributed by atoms with Gasteiger partial charge in [0.2, 0.25) is 0 Å². The van der Waals surface area contributed by atoms with Gasteiger partial charge in [0.25, 0.3) is 0 Å². The van der Waals surface area contributed by atoms with E-state index in [1.165, 1.54) is 18.2 Å². The van der Waals surface area contributed by atoms with Gasteiger partial charge in [-0.15, -0.1) is 10.2 Å². The molecule has 11 rings (SSSR count). The Morgan fingerprint density at radius 2 is 0.986 bits per heavy atom. The molecular formula is C51H67N21. The van der Waals surface area contributed by atoms with Crippen LogP contribution in [0.2, 0.25) is 0 Å². The summed E-state index contributed by atoms with van der Waals surface area (Å²) in [6.45, 7) is 11.6. The lowest BCUT2D eigenvalue weighted by atomic mass is 10.3. The molecule has 21 nitrogen and oxygen atoms in total. The molecule has 0 radical (unpaired) electrons. The number of aryl methyl sites for hydroxylation is 11. The van der Waals surface area contributed by atoms with Crippen molar-refractivity contribution >= 4 is 0 Å². The topological polar surface area (TPSA) is 231 Å². The van der Waals surface area contributed by atoms with Crippen molar-refractivity contribution in [2.75, 3.05) is 0 Å². The third-order valence-electron chi connectivity index (χ3n) is 7.50. The molecule has 376 valence electrons. The molecule has 0 unspecified atom stereocenters. The Bertz CT molecular complexity index is 2220. The monoisotopic (exact) mass is 974 g/mol. The minimum absolute atomic E-state index is 0.822. The van der Waals surface area contributed by atoms with Crippen molar-refractivity contribution in [2.45, 2.75) is 41.5 Å². The Labute approximate surface area is 423 Å². The van der Waals surface area contributed by atoms with Gasteiger partial charge in [-0.3, -0.25) is 29.3 Å². The fourth-order valence-electron chi connectivity index (χ4n) is 4.01. The third-order valence-corrected chi connectivity index (χ3v) is 7.50. The van der Waals surface area contributed by atoms with E-state index < -0.39 is 0 Å². The molecule has 72 heavy (non-hydrogen) atoms. The first-order valence-electron chi connectivity index (χ1n) is 22.0. The normalized spacial score (nSPS) is 8.76. The molecule has 0 N–H and O–H groups in total. The number of hydrogen-bond acceptors (Lipinski definition) is 16. The van der Waals surface area contributed by atoms with Crippen LogP contribution >= 0.6 is 0 Å². The minimum Gasteiger partial charge on any atom is -0.357 e. The van der Waals surface area contributed by atoms with Crippen molar-refractivity contribution in [2.24, 2.45) is 35.2 Å². The molecule has 0 amide bonds. The largest absolute Gasteiger partial charge is 0.357 e. The molecule has 0 aliphatic carbocycles. The van der Waals surface area contributed by atoms with Crippen LogP contribution in [0.4, 0.5) is 0 Å². The van der Waals surface area contributed by atoms with Crippen molar-refractivity contribution in [3.8, 4) is 0 Å². The van der Waals surface area contributed by atoms with E-state index in [2.05, 4.69) is 80.4 Å². The van der Waals surface area contributed by atoms with Gasteiger partial charge >= 0.3 is 0 Å². The zero-order valence-corrected chi connectivity index (χ0v) is 43.0. The Morgan fingerprint density at radius 3 is 1.22 bits per heavy atom. The summed E-state index contributed by atoms with van der Waals surface area (Å²) in [4.78, 5) is 38.3. The fraction of sp³-hybridized carbons (Fsp3) is 0.216. The zero-order chi connectivity index (χ0) is 52.7. The predicted molar refractivity (Wildman–Crippen MR) is 279 cm³/mol. The average molecular weight is 974 g/mol. The summed E-state index contributed by atoms with van der Waals surface area (Å²) in [5.41, 5.74) is 5.30. The van der Waals surface area contributed by atoms with E-state index in [9.17, 15) is 0 Å². The molecule has 11 aromatic rings. The molecule has 0 atom stereocenters. The van der Waals surface area contributed by atoms with E-state index in [0.717, 1.165) is 28.5 Å². The number of imidazole rings is 1. The summed E-state index contributed by atoms with van der Waals surface area (Å²) < 4.78 is 9.06. The number of aromatic nitrogens is 21. The second-order valence-corrected chi connectivity index (χ2v) is 14.4. The van der Waals surface area contributed by atoms with Gasteiger partial charge in [-0.05, 0) is 107 Å². The molecule has 0 aliphatic rings. The van der Waals surface area contributed by atoms with Gasteiger partial charge in [0.05, 0.1) is 17.7 Å². The van der Waals surface area contributed by atoms with E-state index >= 15 is 0 Å². The zero-order valence-electron chi connectivity index (χ0n) is 43.0. The molecule has 21 heteroatoms. The highest BCUT2D eigenvalue weighted by molar-refractivity contribution is 5.04. The third kappa shape index (κ3) is 39.7. The SMILES string of the molecule is Cc1ccccn1.Cc1cccnc1.Cc1cccnn1.Cc1cnccn1.Cc1cncnc1.Cc1ncccn1.Cn1cccc1.Cn1cccn1.Cn1ccnc1.Cn1cncn1.Cn1cnnc1. The van der Waals surface area contributed by atoms with Gasteiger partial charge in [0.15, 0.2) is 0 Å². The minimum atomic E-state index is 0.822. The van der Waals surface area contributed by atoms with E-state index in [0.29, 0.717) is 0 Å². The lowest BCUT2D eigenvalue weighted by Crippen LogP contribution is -1.83. The smallest absolute Gasteiger partial charge is 0.137 e. The van der Waals surface area contributed by atoms with Crippen LogP contribution in [-0.4, -0.2) is 103 Å². The lowest BCUT2D eigenvalue weighted by Gasteiger charge is -1.82. The van der Waals surface area contributed by atoms with Crippen LogP contribution in [0, 0.1) is 41.5 Å². The maximum atomic E-state index is 3.98. The summed E-state index contributed by atoms with van der Waals surface area (Å²) in [6, 6.07) is 21.3. The van der Waals surface area contributed by atoms with Crippen LogP contribution in [0.3, 0.4) is 0 Å². The van der Waals surface area contributed by atoms with E-state index in [4.69, 9.17) is 0 Å². The summed E-state index contributed by atoms with van der Waals surface area (Å²) in [6.07, 6.45) is 40.1. The summed E-state index contributed by atoms with van der Waals surface area (Å²) in [5, 5.41) is 22.0. The second kappa shape index (κ2) is 41.8. The predicted octanol–water partition coefficient (Wildman–Crippen LogP) is 7.42. The standard InChI is InChI=1S/2C6H7N.4C5H6N2.C5H7N.2C4H6N2.2C3H5N3/c1-6-3-2-4-7-5-6;1-6-4-2-3-5-7-6;1-5-2-6-4-7-3-5;1-5-4-6-2-3-7-5;1-5-6-3-2-4-7-5;1-5-3-2-4-6-7-5;1-6-4-2-3-5-6;1-6-3-2-5-4-6;1-6-4-2-3-5-6;1-6-2-4-5-3-6;1-6-3-4-2-5-6/h2*2-5H,1H3;4*2-4H,1H3;2-5H,1H3;2*2-4H,1H3;2*2-3H,1H3. The van der Waals surface area contributed by atoms with Gasteiger partial charge in [-0.25, -0.2) is 29.9 Å². The molecule has 0 saturated carbocycles. The number of rotatable bonds is 0. The van der Waals surface area contributed by atoms with E-state index in [1.807, 2.05) is 178 Å². The molecule has 0 bridgehead atoms. The number of nitrogens with zero attached hydrogens (tertiary/aromatic N) is 21. The molecule has 0 aromatic carbocycles. The van der Waals surface area contributed by atoms with Crippen molar-refractivity contribution in [1.29, 1.82) is 0 Å². The maximum absolute atomic E-state index is 3.98. The van der Waals surface area contributed by atoms with Crippen LogP contribution in [0.25, 0.3) is 0 Å². The Morgan fingerprint density at radius 1 is 0.333 bits per heavy atom. The fourth-order valence-corrected chi connectivity index (χ4v) is 4.01. The quantitative estimate of drug-likeness (QED) is 0.144. The molecule has 0 saturated heterocycles. The highest BCUT2D eigenvalue weighted by Gasteiger charge is 1.79. The highest BCUT2D eigenvalue weighted by atomic mass is 15.3. The van der Waals surface area contributed by atoms with Crippen molar-refractivity contribution in [3.05, 3.63) is 244 Å². The van der Waals surface area contributed by atoms with Crippen LogP contribution in [0.15, 0.2) is 210 Å². The lowest BCUT2D eigenvalue weighted by molar-refractivity contribution is 0.765. The first-order valence-corrected chi connectivity index (χ1v) is 22.0. The Hall–Kier alpha value is -9.40. The van der Waals surface area contributed by atoms with Gasteiger partial charge in [-0.2, -0.15) is 20.4 Å². The second-order valence-electron chi connectivity index (χ2n) is 14.4. The summed E-state index contributed by atoms with van der Waals surface area (Å²) in [7, 11) is 9.53. The summed E-state index contributed by atoms with van der Waals surface area (Å²) >= 11 is 0. The first kappa shape index (κ1) is 60.6. The molecule has 11 heterocycles. The Kier molecular flexibility index (Phi) is 35.2. The maximum Gasteiger partial charge on any atom is 0.137 e. The average Bonchev–Trinajstić information content (AvgIpc) is 4.29.